The number of hydrazone groups is 1. The van der Waals surface area contributed by atoms with Crippen LogP contribution in [0.15, 0.2) is 103 Å². The van der Waals surface area contributed by atoms with E-state index in [1.165, 1.54) is 6.21 Å². The number of hydrogen-bond acceptors (Lipinski definition) is 4. The molecule has 32 heavy (non-hydrogen) atoms. The zero-order chi connectivity index (χ0) is 22.9. The highest BCUT2D eigenvalue weighted by molar-refractivity contribution is 9.13. The van der Waals surface area contributed by atoms with Crippen molar-refractivity contribution in [3.05, 3.63) is 110 Å². The third kappa shape index (κ3) is 6.90. The molecule has 2 N–H and O–H groups in total. The zero-order valence-corrected chi connectivity index (χ0v) is 20.2. The number of carbonyl (C=O) groups is 2. The molecule has 0 spiro atoms. The fourth-order valence-corrected chi connectivity index (χ4v) is 3.27. The molecule has 0 aliphatic carbocycles. The largest absolute Gasteiger partial charge is 0.447 e. The predicted molar refractivity (Wildman–Crippen MR) is 132 cm³/mol. The Hall–Kier alpha value is -3.23. The number of nitrogens with zero attached hydrogens (tertiary/aromatic N) is 1. The van der Waals surface area contributed by atoms with Gasteiger partial charge in [-0.1, -0.05) is 54.6 Å². The van der Waals surface area contributed by atoms with Gasteiger partial charge < -0.3 is 9.73 Å². The Morgan fingerprint density at radius 3 is 2.28 bits per heavy atom. The Balaban J connectivity index is 1.80. The van der Waals surface area contributed by atoms with E-state index in [4.69, 9.17) is 4.42 Å². The minimum absolute atomic E-state index is 0.0579. The van der Waals surface area contributed by atoms with Crippen LogP contribution in [0.3, 0.4) is 0 Å². The van der Waals surface area contributed by atoms with Gasteiger partial charge in [-0.2, -0.15) is 5.10 Å². The maximum absolute atomic E-state index is 12.8. The highest BCUT2D eigenvalue weighted by Gasteiger charge is 2.14. The second kappa shape index (κ2) is 11.4. The number of hydrogen-bond donors (Lipinski definition) is 2. The monoisotopic (exact) mass is 555 g/mol. The fraction of sp³-hybridized carbons (Fsp3) is 0.0417. The van der Waals surface area contributed by atoms with Gasteiger partial charge in [0.25, 0.3) is 11.8 Å². The van der Waals surface area contributed by atoms with Crippen LogP contribution in [0.4, 0.5) is 0 Å². The molecule has 1 aromatic heterocycles. The number of benzene rings is 2. The first kappa shape index (κ1) is 23.4. The summed E-state index contributed by atoms with van der Waals surface area (Å²) in [5.74, 6) is -0.540. The molecule has 0 aliphatic rings. The molecule has 2 aromatic carbocycles. The first-order valence-electron chi connectivity index (χ1n) is 9.52. The molecule has 0 bridgehead atoms. The molecule has 0 fully saturated rings. The minimum atomic E-state index is -0.573. The molecule has 1 heterocycles. The lowest BCUT2D eigenvalue weighted by atomic mass is 10.1. The third-order valence-electron chi connectivity index (χ3n) is 4.12. The van der Waals surface area contributed by atoms with Crippen LogP contribution in [0.2, 0.25) is 0 Å². The van der Waals surface area contributed by atoms with Crippen molar-refractivity contribution in [3.63, 3.8) is 0 Å². The zero-order valence-electron chi connectivity index (χ0n) is 17.0. The Labute approximate surface area is 202 Å². The van der Waals surface area contributed by atoms with Crippen molar-refractivity contribution >= 4 is 56.0 Å². The van der Waals surface area contributed by atoms with Crippen LogP contribution >= 0.6 is 31.9 Å². The maximum Gasteiger partial charge on any atom is 0.287 e. The number of allylic oxidation sites excluding steroid dienone is 2. The Morgan fingerprint density at radius 2 is 1.66 bits per heavy atom. The van der Waals surface area contributed by atoms with E-state index in [2.05, 4.69) is 47.7 Å². The van der Waals surface area contributed by atoms with Crippen molar-refractivity contribution in [2.75, 3.05) is 0 Å². The summed E-state index contributed by atoms with van der Waals surface area (Å²) in [4.78, 5) is 25.4. The van der Waals surface area contributed by atoms with Crippen molar-refractivity contribution in [3.8, 4) is 0 Å². The van der Waals surface area contributed by atoms with E-state index in [0.29, 0.717) is 16.0 Å². The van der Waals surface area contributed by atoms with Crippen LogP contribution < -0.4 is 10.7 Å². The molecule has 3 aromatic rings. The summed E-state index contributed by atoms with van der Waals surface area (Å²) in [5.41, 5.74) is 4.66. The molecule has 0 radical (unpaired) electrons. The van der Waals surface area contributed by atoms with Gasteiger partial charge in [-0.05, 0) is 68.1 Å². The lowest BCUT2D eigenvalue weighted by molar-refractivity contribution is -0.117. The quantitative estimate of drug-likeness (QED) is 0.170. The highest BCUT2D eigenvalue weighted by atomic mass is 79.9. The molecular formula is C24H19Br2N3O3. The van der Waals surface area contributed by atoms with Gasteiger partial charge in [0.05, 0.1) is 10.7 Å². The van der Waals surface area contributed by atoms with Crippen LogP contribution in [0.25, 0.3) is 6.08 Å². The summed E-state index contributed by atoms with van der Waals surface area (Å²) in [6, 6.07) is 20.0. The van der Waals surface area contributed by atoms with E-state index in [1.54, 1.807) is 36.4 Å². The summed E-state index contributed by atoms with van der Waals surface area (Å²) in [7, 11) is 0. The number of carbonyl (C=O) groups excluding carboxylic acids is 2. The topological polar surface area (TPSA) is 83.7 Å². The number of amides is 2. The van der Waals surface area contributed by atoms with Gasteiger partial charge in [0.2, 0.25) is 0 Å². The molecule has 8 heteroatoms. The van der Waals surface area contributed by atoms with Gasteiger partial charge >= 0.3 is 0 Å². The first-order valence-corrected chi connectivity index (χ1v) is 11.1. The maximum atomic E-state index is 12.8. The van der Waals surface area contributed by atoms with Gasteiger partial charge in [0.1, 0.15) is 11.5 Å². The van der Waals surface area contributed by atoms with Gasteiger partial charge in [0.15, 0.2) is 4.67 Å². The van der Waals surface area contributed by atoms with Gasteiger partial charge in [0, 0.05) is 11.6 Å². The summed E-state index contributed by atoms with van der Waals surface area (Å²) >= 11 is 6.55. The normalized spacial score (nSPS) is 12.1. The number of rotatable bonds is 7. The molecular weight excluding hydrogens is 538 g/mol. The van der Waals surface area contributed by atoms with E-state index in [1.807, 2.05) is 49.4 Å². The van der Waals surface area contributed by atoms with Crippen LogP contribution in [0.5, 0.6) is 0 Å². The first-order chi connectivity index (χ1) is 15.4. The Kier molecular flexibility index (Phi) is 8.35. The van der Waals surface area contributed by atoms with Gasteiger partial charge in [-0.3, -0.25) is 9.59 Å². The van der Waals surface area contributed by atoms with Crippen molar-refractivity contribution in [2.24, 2.45) is 5.10 Å². The SMILES string of the molecule is CC(/C=C(\NC(=O)c1ccccc1)C(=O)N/N=C\c1cc(Br)c(Br)o1)=C\c1ccccc1. The number of furan rings is 1. The summed E-state index contributed by atoms with van der Waals surface area (Å²) < 4.78 is 6.63. The molecule has 0 saturated heterocycles. The average Bonchev–Trinajstić information content (AvgIpc) is 3.11. The van der Waals surface area contributed by atoms with E-state index in [9.17, 15) is 9.59 Å². The summed E-state index contributed by atoms with van der Waals surface area (Å²) in [5, 5.41) is 6.59. The highest BCUT2D eigenvalue weighted by Crippen LogP contribution is 2.25. The second-order valence-electron chi connectivity index (χ2n) is 6.65. The van der Waals surface area contributed by atoms with Crippen LogP contribution in [-0.2, 0) is 4.79 Å². The van der Waals surface area contributed by atoms with E-state index >= 15 is 0 Å². The van der Waals surface area contributed by atoms with E-state index < -0.39 is 11.8 Å². The lowest BCUT2D eigenvalue weighted by Gasteiger charge is -2.09. The molecule has 2 amide bonds. The molecule has 0 atom stereocenters. The summed E-state index contributed by atoms with van der Waals surface area (Å²) in [6.45, 7) is 1.84. The van der Waals surface area contributed by atoms with Crippen molar-refractivity contribution < 1.29 is 14.0 Å². The lowest BCUT2D eigenvalue weighted by Crippen LogP contribution is -2.33. The number of halogens is 2. The van der Waals surface area contributed by atoms with Gasteiger partial charge in [-0.25, -0.2) is 5.43 Å². The molecule has 3 rings (SSSR count). The third-order valence-corrected chi connectivity index (χ3v) is 5.83. The molecule has 162 valence electrons. The van der Waals surface area contributed by atoms with Crippen molar-refractivity contribution in [1.82, 2.24) is 10.7 Å². The standard InChI is InChI=1S/C24H19Br2N3O3/c1-16(12-17-8-4-2-5-9-17)13-21(28-23(30)18-10-6-3-7-11-18)24(31)29-27-15-19-14-20(25)22(26)32-19/h2-15H,1H3,(H,28,30)(H,29,31)/b16-12+,21-13-,27-15-. The fourth-order valence-electron chi connectivity index (χ4n) is 2.67. The molecule has 0 unspecified atom stereocenters. The summed E-state index contributed by atoms with van der Waals surface area (Å²) in [6.07, 6.45) is 4.86. The minimum Gasteiger partial charge on any atom is -0.447 e. The Bertz CT molecular complexity index is 1160. The van der Waals surface area contributed by atoms with Crippen molar-refractivity contribution in [1.29, 1.82) is 0 Å². The average molecular weight is 557 g/mol. The van der Waals surface area contributed by atoms with E-state index in [-0.39, 0.29) is 5.70 Å². The second-order valence-corrected chi connectivity index (χ2v) is 8.22. The van der Waals surface area contributed by atoms with Crippen molar-refractivity contribution in [2.45, 2.75) is 6.92 Å². The van der Waals surface area contributed by atoms with E-state index in [0.717, 1.165) is 15.6 Å². The molecule has 0 saturated carbocycles. The van der Waals surface area contributed by atoms with Crippen LogP contribution in [0, 0.1) is 0 Å². The number of nitrogens with one attached hydrogen (secondary N) is 2. The Morgan fingerprint density at radius 1 is 1.00 bits per heavy atom. The predicted octanol–water partition coefficient (Wildman–Crippen LogP) is 5.67. The molecule has 6 nitrogen and oxygen atoms in total. The van der Waals surface area contributed by atoms with Gasteiger partial charge in [-0.15, -0.1) is 0 Å². The van der Waals surface area contributed by atoms with Crippen LogP contribution in [0.1, 0.15) is 28.6 Å². The molecule has 0 aliphatic heterocycles. The smallest absolute Gasteiger partial charge is 0.287 e. The van der Waals surface area contributed by atoms with Crippen LogP contribution in [-0.4, -0.2) is 18.0 Å².